The average Bonchev–Trinajstić information content (AvgIpc) is 2.44. The number of aromatic nitrogens is 2. The van der Waals surface area contributed by atoms with E-state index in [2.05, 4.69) is 4.98 Å². The Kier molecular flexibility index (Phi) is 4.05. The Morgan fingerprint density at radius 2 is 1.90 bits per heavy atom. The molecule has 0 bridgehead atoms. The summed E-state index contributed by atoms with van der Waals surface area (Å²) in [4.78, 5) is 37.1. The lowest BCUT2D eigenvalue weighted by molar-refractivity contribution is 0.101. The van der Waals surface area contributed by atoms with Crippen molar-refractivity contribution in [3.63, 3.8) is 0 Å². The van der Waals surface area contributed by atoms with Gasteiger partial charge in [-0.3, -0.25) is 19.1 Å². The van der Waals surface area contributed by atoms with Gasteiger partial charge in [-0.1, -0.05) is 30.3 Å². The number of H-pyrrole nitrogens is 1. The van der Waals surface area contributed by atoms with Crippen molar-refractivity contribution in [1.82, 2.24) is 9.55 Å². The number of benzene rings is 1. The number of carbonyl (C=O) groups excluding carboxylic acids is 1. The van der Waals surface area contributed by atoms with Crippen LogP contribution >= 0.6 is 11.6 Å². The molecule has 0 saturated heterocycles. The molecule has 1 heterocycles. The first-order chi connectivity index (χ1) is 9.54. The quantitative estimate of drug-likeness (QED) is 0.636. The van der Waals surface area contributed by atoms with Crippen LogP contribution in [-0.2, 0) is 6.54 Å². The maximum atomic E-state index is 11.8. The van der Waals surface area contributed by atoms with Crippen molar-refractivity contribution in [2.24, 2.45) is 0 Å². The maximum absolute atomic E-state index is 11.8. The molecule has 1 aromatic heterocycles. The molecule has 0 atom stereocenters. The third kappa shape index (κ3) is 2.65. The van der Waals surface area contributed by atoms with Crippen LogP contribution < -0.4 is 17.0 Å². The number of hydrogen-bond acceptors (Lipinski definition) is 4. The highest BCUT2D eigenvalue weighted by atomic mass is 35.5. The molecule has 3 N–H and O–H groups in total. The van der Waals surface area contributed by atoms with Gasteiger partial charge < -0.3 is 5.73 Å². The average molecular weight is 294 g/mol. The second kappa shape index (κ2) is 5.75. The molecule has 6 nitrogen and oxygen atoms in total. The Morgan fingerprint density at radius 1 is 1.25 bits per heavy atom. The van der Waals surface area contributed by atoms with Gasteiger partial charge in [-0.15, -0.1) is 11.6 Å². The van der Waals surface area contributed by atoms with Crippen molar-refractivity contribution in [1.29, 1.82) is 0 Å². The highest BCUT2D eigenvalue weighted by Gasteiger charge is 2.18. The van der Waals surface area contributed by atoms with Gasteiger partial charge in [0.2, 0.25) is 0 Å². The van der Waals surface area contributed by atoms with Gasteiger partial charge in [-0.25, -0.2) is 4.79 Å². The third-order valence-corrected chi connectivity index (χ3v) is 3.07. The van der Waals surface area contributed by atoms with Gasteiger partial charge in [0.25, 0.3) is 5.56 Å². The topological polar surface area (TPSA) is 98.0 Å². The number of hydrogen-bond donors (Lipinski definition) is 2. The molecule has 104 valence electrons. The van der Waals surface area contributed by atoms with E-state index in [0.717, 1.165) is 10.1 Å². The van der Waals surface area contributed by atoms with E-state index in [1.807, 2.05) is 18.2 Å². The monoisotopic (exact) mass is 293 g/mol. The van der Waals surface area contributed by atoms with E-state index in [1.165, 1.54) is 0 Å². The second-order valence-corrected chi connectivity index (χ2v) is 4.42. The lowest BCUT2D eigenvalue weighted by Gasteiger charge is -2.11. The first kappa shape index (κ1) is 14.1. The molecule has 0 saturated carbocycles. The number of halogens is 1. The van der Waals surface area contributed by atoms with Crippen LogP contribution in [0.5, 0.6) is 0 Å². The Morgan fingerprint density at radius 3 is 2.50 bits per heavy atom. The Bertz CT molecular complexity index is 750. The standard InChI is InChI=1S/C13H12ClN3O3/c14-6-9(18)10-11(15)17(13(20)16-12(10)19)7-8-4-2-1-3-5-8/h1-5H,6-7,15H2,(H,16,19,20). The summed E-state index contributed by atoms with van der Waals surface area (Å²) in [6, 6.07) is 9.07. The van der Waals surface area contributed by atoms with Crippen LogP contribution in [-0.4, -0.2) is 21.2 Å². The second-order valence-electron chi connectivity index (χ2n) is 4.15. The van der Waals surface area contributed by atoms with Crippen LogP contribution in [0.15, 0.2) is 39.9 Å². The van der Waals surface area contributed by atoms with Crippen LogP contribution in [0.1, 0.15) is 15.9 Å². The lowest BCUT2D eigenvalue weighted by Crippen LogP contribution is -2.36. The van der Waals surface area contributed by atoms with Gasteiger partial charge >= 0.3 is 5.69 Å². The minimum atomic E-state index is -0.817. The van der Waals surface area contributed by atoms with Crippen molar-refractivity contribution in [2.45, 2.75) is 6.54 Å². The van der Waals surface area contributed by atoms with E-state index in [9.17, 15) is 14.4 Å². The largest absolute Gasteiger partial charge is 0.384 e. The van der Waals surface area contributed by atoms with Crippen LogP contribution in [0, 0.1) is 0 Å². The van der Waals surface area contributed by atoms with E-state index in [0.29, 0.717) is 0 Å². The summed E-state index contributed by atoms with van der Waals surface area (Å²) < 4.78 is 1.14. The molecule has 2 aromatic rings. The van der Waals surface area contributed by atoms with E-state index in [1.54, 1.807) is 12.1 Å². The van der Waals surface area contributed by atoms with Gasteiger partial charge in [-0.05, 0) is 5.56 Å². The van der Waals surface area contributed by atoms with Crippen molar-refractivity contribution in [3.05, 3.63) is 62.3 Å². The van der Waals surface area contributed by atoms with Crippen molar-refractivity contribution in [3.8, 4) is 0 Å². The maximum Gasteiger partial charge on any atom is 0.330 e. The van der Waals surface area contributed by atoms with Crippen LogP contribution in [0.2, 0.25) is 0 Å². The Labute approximate surface area is 118 Å². The Balaban J connectivity index is 2.57. The first-order valence-corrected chi connectivity index (χ1v) is 6.33. The van der Waals surface area contributed by atoms with Crippen molar-refractivity contribution >= 4 is 23.2 Å². The predicted molar refractivity (Wildman–Crippen MR) is 76.3 cm³/mol. The zero-order valence-corrected chi connectivity index (χ0v) is 11.2. The number of aromatic amines is 1. The van der Waals surface area contributed by atoms with Gasteiger partial charge in [-0.2, -0.15) is 0 Å². The molecular formula is C13H12ClN3O3. The fourth-order valence-electron chi connectivity index (χ4n) is 1.85. The Hall–Kier alpha value is -2.34. The zero-order chi connectivity index (χ0) is 14.7. The molecule has 0 unspecified atom stereocenters. The van der Waals surface area contributed by atoms with Crippen LogP contribution in [0.25, 0.3) is 0 Å². The van der Waals surface area contributed by atoms with Crippen molar-refractivity contribution < 1.29 is 4.79 Å². The minimum absolute atomic E-state index is 0.158. The summed E-state index contributed by atoms with van der Waals surface area (Å²) in [5.74, 6) is -1.17. The molecule has 1 aromatic carbocycles. The fraction of sp³-hybridized carbons (Fsp3) is 0.154. The molecule has 7 heteroatoms. The van der Waals surface area contributed by atoms with Gasteiger partial charge in [0.15, 0.2) is 5.78 Å². The van der Waals surface area contributed by atoms with E-state index in [4.69, 9.17) is 17.3 Å². The van der Waals surface area contributed by atoms with E-state index >= 15 is 0 Å². The number of alkyl halides is 1. The normalized spacial score (nSPS) is 10.4. The van der Waals surface area contributed by atoms with Crippen molar-refractivity contribution in [2.75, 3.05) is 11.6 Å². The first-order valence-electron chi connectivity index (χ1n) is 5.80. The number of Topliss-reactive ketones (excluding diaryl/α,β-unsaturated/α-hetero) is 1. The van der Waals surface area contributed by atoms with E-state index < -0.39 is 17.0 Å². The number of nitrogens with two attached hydrogens (primary N) is 1. The molecule has 0 radical (unpaired) electrons. The summed E-state index contributed by atoms with van der Waals surface area (Å²) in [6.45, 7) is 0.158. The molecular weight excluding hydrogens is 282 g/mol. The summed E-state index contributed by atoms with van der Waals surface area (Å²) >= 11 is 5.44. The van der Waals surface area contributed by atoms with Crippen LogP contribution in [0.4, 0.5) is 5.82 Å². The third-order valence-electron chi connectivity index (χ3n) is 2.82. The van der Waals surface area contributed by atoms with Gasteiger partial charge in [0, 0.05) is 0 Å². The number of nitrogen functional groups attached to an aromatic ring is 1. The summed E-state index contributed by atoms with van der Waals surface area (Å²) in [6.07, 6.45) is 0. The number of rotatable bonds is 4. The van der Waals surface area contributed by atoms with E-state index in [-0.39, 0.29) is 23.8 Å². The molecule has 0 aliphatic carbocycles. The predicted octanol–water partition coefficient (Wildman–Crippen LogP) is 0.589. The zero-order valence-electron chi connectivity index (χ0n) is 10.4. The SMILES string of the molecule is Nc1c(C(=O)CCl)c(=O)[nH]c(=O)n1Cc1ccccc1. The fourth-order valence-corrected chi connectivity index (χ4v) is 1.98. The number of anilines is 1. The smallest absolute Gasteiger partial charge is 0.330 e. The number of nitrogens with one attached hydrogen (secondary N) is 1. The molecule has 20 heavy (non-hydrogen) atoms. The van der Waals surface area contributed by atoms with Gasteiger partial charge in [0.1, 0.15) is 11.4 Å². The number of ketones is 1. The molecule has 0 spiro atoms. The lowest BCUT2D eigenvalue weighted by atomic mass is 10.2. The molecule has 0 aliphatic rings. The summed E-state index contributed by atoms with van der Waals surface area (Å²) in [7, 11) is 0. The number of nitrogens with zero attached hydrogens (tertiary/aromatic N) is 1. The summed E-state index contributed by atoms with van der Waals surface area (Å²) in [5, 5.41) is 0. The van der Waals surface area contributed by atoms with Crippen LogP contribution in [0.3, 0.4) is 0 Å². The highest BCUT2D eigenvalue weighted by molar-refractivity contribution is 6.31. The number of carbonyl (C=O) groups is 1. The molecule has 0 fully saturated rings. The minimum Gasteiger partial charge on any atom is -0.384 e. The molecule has 0 amide bonds. The van der Waals surface area contributed by atoms with Gasteiger partial charge in [0.05, 0.1) is 12.4 Å². The summed E-state index contributed by atoms with van der Waals surface area (Å²) in [5.41, 5.74) is 4.83. The molecule has 2 rings (SSSR count). The highest BCUT2D eigenvalue weighted by Crippen LogP contribution is 2.09. The molecule has 0 aliphatic heterocycles.